The van der Waals surface area contributed by atoms with Gasteiger partial charge in [0.2, 0.25) is 5.88 Å². The van der Waals surface area contributed by atoms with E-state index in [4.69, 9.17) is 4.42 Å². The van der Waals surface area contributed by atoms with E-state index in [-0.39, 0.29) is 11.0 Å². The van der Waals surface area contributed by atoms with Crippen LogP contribution in [0, 0.1) is 3.77 Å². The molecule has 0 amide bonds. The van der Waals surface area contributed by atoms with Crippen LogP contribution < -0.4 is 4.74 Å². The molecule has 2 heterocycles. The molecular weight excluding hydrogens is 448 g/mol. The molecule has 0 radical (unpaired) electrons. The van der Waals surface area contributed by atoms with Crippen molar-refractivity contribution in [1.82, 2.24) is 14.8 Å². The van der Waals surface area contributed by atoms with E-state index in [1.54, 1.807) is 0 Å². The number of hydrogen-bond donors (Lipinski definition) is 0. The number of hydrogen-bond acceptors (Lipinski definition) is 5. The van der Waals surface area contributed by atoms with Crippen LogP contribution in [0.25, 0.3) is 0 Å². The number of halogens is 6. The van der Waals surface area contributed by atoms with E-state index >= 15 is 0 Å². The second kappa shape index (κ2) is 6.60. The first-order chi connectivity index (χ1) is 10.2. The molecule has 22 heavy (non-hydrogen) atoms. The summed E-state index contributed by atoms with van der Waals surface area (Å²) in [5, 5.41) is 3.34. The summed E-state index contributed by atoms with van der Waals surface area (Å²) in [6.45, 7) is -3.26. The molecule has 0 bridgehead atoms. The van der Waals surface area contributed by atoms with Crippen molar-refractivity contribution in [3.63, 3.8) is 0 Å². The second-order valence-corrected chi connectivity index (χ2v) is 5.84. The van der Waals surface area contributed by atoms with E-state index < -0.39 is 29.9 Å². The SMILES string of the molecule is Cn1nc(C(F)(F)F)c(CSc2ncc(I)o2)c1OC(F)F. The second-order valence-electron chi connectivity index (χ2n) is 3.85. The van der Waals surface area contributed by atoms with E-state index in [9.17, 15) is 22.0 Å². The third-order valence-corrected chi connectivity index (χ3v) is 3.72. The number of aryl methyl sites for hydroxylation is 1. The van der Waals surface area contributed by atoms with Gasteiger partial charge in [-0.1, -0.05) is 11.8 Å². The number of aromatic nitrogens is 3. The molecule has 0 unspecified atom stereocenters. The van der Waals surface area contributed by atoms with Gasteiger partial charge in [-0.15, -0.1) is 0 Å². The number of thioether (sulfide) groups is 1. The quantitative estimate of drug-likeness (QED) is 0.389. The van der Waals surface area contributed by atoms with Crippen LogP contribution in [-0.2, 0) is 19.0 Å². The van der Waals surface area contributed by atoms with Gasteiger partial charge in [0.1, 0.15) is 0 Å². The molecule has 0 spiro atoms. The van der Waals surface area contributed by atoms with Gasteiger partial charge in [-0.25, -0.2) is 9.67 Å². The fourth-order valence-electron chi connectivity index (χ4n) is 1.58. The van der Waals surface area contributed by atoms with Gasteiger partial charge in [0.15, 0.2) is 9.46 Å². The Bertz CT molecular complexity index is 658. The zero-order valence-corrected chi connectivity index (χ0v) is 13.7. The summed E-state index contributed by atoms with van der Waals surface area (Å²) in [4.78, 5) is 3.81. The van der Waals surface area contributed by atoms with Gasteiger partial charge in [0.25, 0.3) is 5.22 Å². The number of alkyl halides is 5. The molecule has 12 heteroatoms. The highest BCUT2D eigenvalue weighted by atomic mass is 127. The minimum absolute atomic E-state index is 0.115. The fourth-order valence-corrected chi connectivity index (χ4v) is 2.88. The standard InChI is InChI=1S/C10H7F5IN3O2S/c1-19-7(21-8(11)12)4(6(18-19)10(13,14)15)3-22-9-17-2-5(16)20-9/h2,8H,3H2,1H3. The summed E-state index contributed by atoms with van der Waals surface area (Å²) in [5.41, 5.74) is -1.77. The molecule has 2 rings (SSSR count). The number of nitrogens with zero attached hydrogens (tertiary/aromatic N) is 3. The van der Waals surface area contributed by atoms with E-state index in [0.717, 1.165) is 18.8 Å². The Morgan fingerprint density at radius 1 is 1.45 bits per heavy atom. The fraction of sp³-hybridized carbons (Fsp3) is 0.400. The van der Waals surface area contributed by atoms with Crippen LogP contribution in [0.3, 0.4) is 0 Å². The normalized spacial score (nSPS) is 12.2. The van der Waals surface area contributed by atoms with Crippen molar-refractivity contribution in [2.45, 2.75) is 23.8 Å². The molecule has 0 aromatic carbocycles. The molecule has 2 aromatic heterocycles. The third kappa shape index (κ3) is 4.02. The summed E-state index contributed by atoms with van der Waals surface area (Å²) in [5.74, 6) is -0.975. The van der Waals surface area contributed by atoms with Crippen molar-refractivity contribution in [2.75, 3.05) is 0 Å². The topological polar surface area (TPSA) is 53.1 Å². The molecule has 0 atom stereocenters. The lowest BCUT2D eigenvalue weighted by atomic mass is 10.2. The highest BCUT2D eigenvalue weighted by Crippen LogP contribution is 2.39. The Labute approximate surface area is 138 Å². The zero-order chi connectivity index (χ0) is 16.5. The molecule has 2 aromatic rings. The molecule has 122 valence electrons. The highest BCUT2D eigenvalue weighted by molar-refractivity contribution is 14.1. The molecule has 0 N–H and O–H groups in total. The van der Waals surface area contributed by atoms with Crippen LogP contribution in [-0.4, -0.2) is 21.4 Å². The van der Waals surface area contributed by atoms with Crippen molar-refractivity contribution in [1.29, 1.82) is 0 Å². The first-order valence-corrected chi connectivity index (χ1v) is 7.57. The van der Waals surface area contributed by atoms with Gasteiger partial charge in [0, 0.05) is 35.4 Å². The van der Waals surface area contributed by atoms with Gasteiger partial charge < -0.3 is 9.15 Å². The summed E-state index contributed by atoms with van der Waals surface area (Å²) in [6.07, 6.45) is -3.41. The van der Waals surface area contributed by atoms with Crippen LogP contribution in [0.15, 0.2) is 15.8 Å². The van der Waals surface area contributed by atoms with Crippen LogP contribution >= 0.6 is 34.4 Å². The largest absolute Gasteiger partial charge is 0.435 e. The predicted molar refractivity (Wildman–Crippen MR) is 73.6 cm³/mol. The third-order valence-electron chi connectivity index (χ3n) is 2.35. The molecule has 5 nitrogen and oxygen atoms in total. The smallest absolute Gasteiger partial charge is 0.425 e. The average molecular weight is 455 g/mol. The Hall–Kier alpha value is -1.05. The lowest BCUT2D eigenvalue weighted by Gasteiger charge is -2.08. The van der Waals surface area contributed by atoms with E-state index in [0.29, 0.717) is 8.45 Å². The van der Waals surface area contributed by atoms with Gasteiger partial charge in [-0.2, -0.15) is 27.1 Å². The van der Waals surface area contributed by atoms with E-state index in [2.05, 4.69) is 14.8 Å². The first-order valence-electron chi connectivity index (χ1n) is 5.50. The Kier molecular flexibility index (Phi) is 5.19. The van der Waals surface area contributed by atoms with Crippen molar-refractivity contribution in [3.05, 3.63) is 21.2 Å². The summed E-state index contributed by atoms with van der Waals surface area (Å²) < 4.78 is 73.9. The van der Waals surface area contributed by atoms with Gasteiger partial charge in [-0.05, 0) is 0 Å². The van der Waals surface area contributed by atoms with Crippen LogP contribution in [0.5, 0.6) is 5.88 Å². The van der Waals surface area contributed by atoms with E-state index in [1.165, 1.54) is 6.20 Å². The van der Waals surface area contributed by atoms with Crippen molar-refractivity contribution < 1.29 is 31.1 Å². The summed E-state index contributed by atoms with van der Waals surface area (Å²) in [6, 6.07) is 0. The Morgan fingerprint density at radius 3 is 2.64 bits per heavy atom. The van der Waals surface area contributed by atoms with Crippen LogP contribution in [0.2, 0.25) is 0 Å². The van der Waals surface area contributed by atoms with Crippen molar-refractivity contribution in [2.24, 2.45) is 7.05 Å². The summed E-state index contributed by atoms with van der Waals surface area (Å²) >= 11 is 2.66. The minimum atomic E-state index is -4.79. The number of rotatable bonds is 5. The molecule has 0 saturated carbocycles. The molecular formula is C10H7F5IN3O2S. The Morgan fingerprint density at radius 2 is 2.14 bits per heavy atom. The molecule has 0 aliphatic rings. The van der Waals surface area contributed by atoms with Gasteiger partial charge in [-0.3, -0.25) is 0 Å². The lowest BCUT2D eigenvalue weighted by molar-refractivity contribution is -0.142. The molecule has 0 saturated heterocycles. The Balaban J connectivity index is 2.32. The number of oxazole rings is 1. The van der Waals surface area contributed by atoms with Crippen LogP contribution in [0.1, 0.15) is 11.3 Å². The zero-order valence-electron chi connectivity index (χ0n) is 10.7. The van der Waals surface area contributed by atoms with Crippen molar-refractivity contribution >= 4 is 34.4 Å². The number of ether oxygens (including phenoxy) is 1. The van der Waals surface area contributed by atoms with Gasteiger partial charge >= 0.3 is 12.8 Å². The highest BCUT2D eigenvalue weighted by Gasteiger charge is 2.40. The van der Waals surface area contributed by atoms with E-state index in [1.807, 2.05) is 22.6 Å². The maximum atomic E-state index is 12.9. The van der Waals surface area contributed by atoms with Crippen molar-refractivity contribution in [3.8, 4) is 5.88 Å². The lowest BCUT2D eigenvalue weighted by Crippen LogP contribution is -2.09. The molecule has 0 aliphatic heterocycles. The monoisotopic (exact) mass is 455 g/mol. The molecule has 0 aliphatic carbocycles. The maximum absolute atomic E-state index is 12.9. The van der Waals surface area contributed by atoms with Gasteiger partial charge in [0.05, 0.1) is 11.8 Å². The minimum Gasteiger partial charge on any atom is -0.425 e. The predicted octanol–water partition coefficient (Wildman–Crippen LogP) is 3.93. The first kappa shape index (κ1) is 17.3. The van der Waals surface area contributed by atoms with Crippen LogP contribution in [0.4, 0.5) is 22.0 Å². The molecule has 0 fully saturated rings. The average Bonchev–Trinajstić information content (AvgIpc) is 2.92. The maximum Gasteiger partial charge on any atom is 0.435 e. The summed E-state index contributed by atoms with van der Waals surface area (Å²) in [7, 11) is 1.09.